The number of ether oxygens (including phenoxy) is 1. The minimum atomic E-state index is -0.399. The van der Waals surface area contributed by atoms with Crippen molar-refractivity contribution in [2.24, 2.45) is 0 Å². The minimum absolute atomic E-state index is 0.167. The Morgan fingerprint density at radius 2 is 1.89 bits per heavy atom. The van der Waals surface area contributed by atoms with Gasteiger partial charge in [0.25, 0.3) is 0 Å². The van der Waals surface area contributed by atoms with E-state index in [1.165, 1.54) is 0 Å². The zero-order valence-corrected chi connectivity index (χ0v) is 11.7. The Hall–Kier alpha value is -0.810. The largest absolute Gasteiger partial charge is 0.444 e. The Bertz CT molecular complexity index is 295. The number of nitrogens with zero attached hydrogens (tertiary/aromatic N) is 2. The normalized spacial score (nSPS) is 26.4. The van der Waals surface area contributed by atoms with Crippen LogP contribution in [-0.4, -0.2) is 66.8 Å². The molecule has 5 heteroatoms. The Balaban J connectivity index is 1.82. The van der Waals surface area contributed by atoms with Crippen molar-refractivity contribution in [3.05, 3.63) is 0 Å². The summed E-state index contributed by atoms with van der Waals surface area (Å²) in [6.07, 6.45) is 0.902. The highest BCUT2D eigenvalue weighted by Gasteiger charge is 2.32. The summed E-state index contributed by atoms with van der Waals surface area (Å²) in [5.74, 6) is 0. The van der Waals surface area contributed by atoms with Crippen LogP contribution in [0.1, 0.15) is 27.2 Å². The van der Waals surface area contributed by atoms with Crippen LogP contribution in [0.5, 0.6) is 0 Å². The molecule has 104 valence electrons. The van der Waals surface area contributed by atoms with Gasteiger partial charge in [0, 0.05) is 45.3 Å². The number of likely N-dealkylation sites (tertiary alicyclic amines) is 1. The first-order chi connectivity index (χ1) is 8.46. The summed E-state index contributed by atoms with van der Waals surface area (Å²) in [5.41, 5.74) is -0.399. The Morgan fingerprint density at radius 1 is 1.22 bits per heavy atom. The van der Waals surface area contributed by atoms with E-state index in [2.05, 4.69) is 10.2 Å². The van der Waals surface area contributed by atoms with E-state index in [1.54, 1.807) is 0 Å². The molecule has 0 spiro atoms. The summed E-state index contributed by atoms with van der Waals surface area (Å²) < 4.78 is 5.41. The number of hydrogen-bond acceptors (Lipinski definition) is 4. The molecular formula is C13H25N3O2. The SMILES string of the molecule is CC(C)(C)OC(=O)N1CC[C@H](N2CCNCC2)C1. The van der Waals surface area contributed by atoms with E-state index in [1.807, 2.05) is 25.7 Å². The molecule has 0 bridgehead atoms. The van der Waals surface area contributed by atoms with Crippen LogP contribution in [0.25, 0.3) is 0 Å². The number of amides is 1. The molecule has 18 heavy (non-hydrogen) atoms. The lowest BCUT2D eigenvalue weighted by Gasteiger charge is -2.32. The Morgan fingerprint density at radius 3 is 2.50 bits per heavy atom. The summed E-state index contributed by atoms with van der Waals surface area (Å²) >= 11 is 0. The van der Waals surface area contributed by atoms with Crippen molar-refractivity contribution < 1.29 is 9.53 Å². The molecule has 2 fully saturated rings. The van der Waals surface area contributed by atoms with E-state index in [-0.39, 0.29) is 6.09 Å². The monoisotopic (exact) mass is 255 g/mol. The third-order valence-corrected chi connectivity index (χ3v) is 3.48. The van der Waals surface area contributed by atoms with Crippen molar-refractivity contribution in [3.8, 4) is 0 Å². The van der Waals surface area contributed by atoms with Crippen LogP contribution >= 0.6 is 0 Å². The van der Waals surface area contributed by atoms with Crippen LogP contribution in [0.15, 0.2) is 0 Å². The molecule has 0 aromatic rings. The molecule has 2 rings (SSSR count). The lowest BCUT2D eigenvalue weighted by molar-refractivity contribution is 0.0278. The van der Waals surface area contributed by atoms with Crippen molar-refractivity contribution in [2.45, 2.75) is 38.8 Å². The van der Waals surface area contributed by atoms with Crippen LogP contribution in [0.4, 0.5) is 4.79 Å². The van der Waals surface area contributed by atoms with Gasteiger partial charge in [-0.05, 0) is 27.2 Å². The van der Waals surface area contributed by atoms with Gasteiger partial charge in [-0.1, -0.05) is 0 Å². The molecule has 2 aliphatic heterocycles. The van der Waals surface area contributed by atoms with Gasteiger partial charge in [-0.15, -0.1) is 0 Å². The van der Waals surface area contributed by atoms with Gasteiger partial charge in [-0.25, -0.2) is 4.79 Å². The van der Waals surface area contributed by atoms with Crippen LogP contribution in [0, 0.1) is 0 Å². The van der Waals surface area contributed by atoms with E-state index in [0.717, 1.165) is 45.7 Å². The second-order valence-electron chi connectivity index (χ2n) is 6.15. The molecule has 0 aromatic heterocycles. The van der Waals surface area contributed by atoms with Crippen LogP contribution in [0.3, 0.4) is 0 Å². The van der Waals surface area contributed by atoms with E-state index < -0.39 is 5.60 Å². The lowest BCUT2D eigenvalue weighted by Crippen LogP contribution is -2.49. The van der Waals surface area contributed by atoms with Gasteiger partial charge >= 0.3 is 6.09 Å². The van der Waals surface area contributed by atoms with Gasteiger partial charge < -0.3 is 15.0 Å². The van der Waals surface area contributed by atoms with Crippen molar-refractivity contribution in [1.82, 2.24) is 15.1 Å². The summed E-state index contributed by atoms with van der Waals surface area (Å²) in [5, 5.41) is 3.36. The lowest BCUT2D eigenvalue weighted by atomic mass is 10.2. The average molecular weight is 255 g/mol. The highest BCUT2D eigenvalue weighted by atomic mass is 16.6. The molecule has 0 saturated carbocycles. The molecule has 0 unspecified atom stereocenters. The molecular weight excluding hydrogens is 230 g/mol. The fourth-order valence-corrected chi connectivity index (χ4v) is 2.58. The number of nitrogens with one attached hydrogen (secondary N) is 1. The second kappa shape index (κ2) is 5.45. The smallest absolute Gasteiger partial charge is 0.410 e. The van der Waals surface area contributed by atoms with Crippen LogP contribution < -0.4 is 5.32 Å². The molecule has 0 radical (unpaired) electrons. The zero-order valence-electron chi connectivity index (χ0n) is 11.7. The van der Waals surface area contributed by atoms with Gasteiger partial charge in [0.2, 0.25) is 0 Å². The summed E-state index contributed by atoms with van der Waals surface area (Å²) in [6.45, 7) is 11.7. The number of piperazine rings is 1. The van der Waals surface area contributed by atoms with E-state index in [4.69, 9.17) is 4.74 Å². The fraction of sp³-hybridized carbons (Fsp3) is 0.923. The fourth-order valence-electron chi connectivity index (χ4n) is 2.58. The molecule has 1 amide bonds. The maximum atomic E-state index is 12.0. The summed E-state index contributed by atoms with van der Waals surface area (Å²) in [4.78, 5) is 16.3. The molecule has 0 aromatic carbocycles. The highest BCUT2D eigenvalue weighted by Crippen LogP contribution is 2.19. The maximum absolute atomic E-state index is 12.0. The first-order valence-electron chi connectivity index (χ1n) is 6.88. The quantitative estimate of drug-likeness (QED) is 0.756. The number of rotatable bonds is 1. The topological polar surface area (TPSA) is 44.8 Å². The van der Waals surface area contributed by atoms with Gasteiger partial charge in [-0.3, -0.25) is 4.90 Å². The molecule has 1 N–H and O–H groups in total. The average Bonchev–Trinajstić information content (AvgIpc) is 2.77. The molecule has 0 aliphatic carbocycles. The zero-order chi connectivity index (χ0) is 13.2. The first kappa shape index (κ1) is 13.6. The third kappa shape index (κ3) is 3.59. The molecule has 5 nitrogen and oxygen atoms in total. The molecule has 2 saturated heterocycles. The van der Waals surface area contributed by atoms with Crippen LogP contribution in [0.2, 0.25) is 0 Å². The molecule has 2 aliphatic rings. The second-order valence-corrected chi connectivity index (χ2v) is 6.15. The Labute approximate surface area is 109 Å². The predicted molar refractivity (Wildman–Crippen MR) is 70.7 cm³/mol. The first-order valence-corrected chi connectivity index (χ1v) is 6.88. The standard InChI is InChI=1S/C13H25N3O2/c1-13(2,3)18-12(17)16-7-4-11(10-16)15-8-5-14-6-9-15/h11,14H,4-10H2,1-3H3/t11-/m0/s1. The molecule has 1 atom stereocenters. The maximum Gasteiger partial charge on any atom is 0.410 e. The summed E-state index contributed by atoms with van der Waals surface area (Å²) in [7, 11) is 0. The highest BCUT2D eigenvalue weighted by molar-refractivity contribution is 5.68. The van der Waals surface area contributed by atoms with Gasteiger partial charge in [0.05, 0.1) is 0 Å². The van der Waals surface area contributed by atoms with E-state index in [0.29, 0.717) is 6.04 Å². The summed E-state index contributed by atoms with van der Waals surface area (Å²) in [6, 6.07) is 0.514. The Kier molecular flexibility index (Phi) is 4.12. The number of hydrogen-bond donors (Lipinski definition) is 1. The van der Waals surface area contributed by atoms with E-state index >= 15 is 0 Å². The van der Waals surface area contributed by atoms with Crippen LogP contribution in [-0.2, 0) is 4.74 Å². The molecule has 2 heterocycles. The van der Waals surface area contributed by atoms with Gasteiger partial charge in [0.1, 0.15) is 5.60 Å². The number of carbonyl (C=O) groups excluding carboxylic acids is 1. The van der Waals surface area contributed by atoms with Gasteiger partial charge in [-0.2, -0.15) is 0 Å². The van der Waals surface area contributed by atoms with Gasteiger partial charge in [0.15, 0.2) is 0 Å². The van der Waals surface area contributed by atoms with Crippen molar-refractivity contribution in [2.75, 3.05) is 39.3 Å². The minimum Gasteiger partial charge on any atom is -0.444 e. The van der Waals surface area contributed by atoms with Crippen molar-refractivity contribution in [3.63, 3.8) is 0 Å². The third-order valence-electron chi connectivity index (χ3n) is 3.48. The van der Waals surface area contributed by atoms with Crippen molar-refractivity contribution in [1.29, 1.82) is 0 Å². The van der Waals surface area contributed by atoms with Crippen molar-refractivity contribution >= 4 is 6.09 Å². The number of carbonyl (C=O) groups is 1. The van der Waals surface area contributed by atoms with E-state index in [9.17, 15) is 4.79 Å². The predicted octanol–water partition coefficient (Wildman–Crippen LogP) is 0.901.